The third kappa shape index (κ3) is 4.79. The fraction of sp³-hybridized carbons (Fsp3) is 0.167. The highest BCUT2D eigenvalue weighted by Crippen LogP contribution is 2.43. The zero-order valence-corrected chi connectivity index (χ0v) is 25.7. The van der Waals surface area contributed by atoms with Crippen LogP contribution < -0.4 is 10.4 Å². The molecule has 2 heterocycles. The van der Waals surface area contributed by atoms with E-state index in [1.54, 1.807) is 21.3 Å². The first-order chi connectivity index (χ1) is 20.2. The molecule has 42 heavy (non-hydrogen) atoms. The van der Waals surface area contributed by atoms with Crippen LogP contribution in [0, 0.1) is 0 Å². The summed E-state index contributed by atoms with van der Waals surface area (Å²) < 4.78 is 11.2. The number of hydrogen-bond acceptors (Lipinski definition) is 5. The van der Waals surface area contributed by atoms with Crippen molar-refractivity contribution in [1.82, 2.24) is 0 Å². The van der Waals surface area contributed by atoms with Gasteiger partial charge in [0.2, 0.25) is 0 Å². The Bertz CT molecular complexity index is 1950. The average Bonchev–Trinajstić information content (AvgIpc) is 3.54. The first-order valence-electron chi connectivity index (χ1n) is 14.1. The molecule has 0 aliphatic carbocycles. The third-order valence-corrected chi connectivity index (χ3v) is 10.7. The molecule has 0 atom stereocenters. The SMILES string of the molecule is CC(C)(O)C(C)(C)O[B]c1ccc(N(c2ccc3sc4ccccc4c3c2)c2ccc3sc4ccccc4c3c2)cc1. The third-order valence-electron chi connectivity index (χ3n) is 8.35. The van der Waals surface area contributed by atoms with E-state index in [2.05, 4.69) is 114 Å². The van der Waals surface area contributed by atoms with Gasteiger partial charge < -0.3 is 14.7 Å². The second-order valence-electron chi connectivity index (χ2n) is 11.8. The standard InChI is InChI=1S/C36H31BNO2S2/c1-35(2,39)36(3,4)40-37-23-13-15-24(16-14-23)38(25-17-19-33-29(21-25)27-9-5-7-11-31(27)41-33)26-18-20-34-30(22-26)28-10-6-8-12-32(28)42-34/h5-22,39H,1-4H3. The van der Waals surface area contributed by atoms with E-state index in [1.807, 2.05) is 36.5 Å². The molecule has 0 aliphatic heterocycles. The van der Waals surface area contributed by atoms with Gasteiger partial charge in [0.1, 0.15) is 0 Å². The van der Waals surface area contributed by atoms with Crippen LogP contribution in [0.25, 0.3) is 40.3 Å². The van der Waals surface area contributed by atoms with Gasteiger partial charge >= 0.3 is 7.48 Å². The lowest BCUT2D eigenvalue weighted by atomic mass is 9.82. The van der Waals surface area contributed by atoms with Crippen LogP contribution in [0.15, 0.2) is 109 Å². The highest BCUT2D eigenvalue weighted by Gasteiger charge is 2.35. The fourth-order valence-corrected chi connectivity index (χ4v) is 7.39. The molecular formula is C36H31BNO2S2. The van der Waals surface area contributed by atoms with Crippen molar-refractivity contribution in [3.8, 4) is 0 Å². The molecule has 0 fully saturated rings. The van der Waals surface area contributed by atoms with Crippen LogP contribution >= 0.6 is 22.7 Å². The van der Waals surface area contributed by atoms with E-state index >= 15 is 0 Å². The maximum absolute atomic E-state index is 10.5. The Labute approximate surface area is 254 Å². The van der Waals surface area contributed by atoms with E-state index in [-0.39, 0.29) is 0 Å². The van der Waals surface area contributed by atoms with Crippen LogP contribution in [-0.4, -0.2) is 23.8 Å². The van der Waals surface area contributed by atoms with Gasteiger partial charge in [-0.05, 0) is 88.4 Å². The maximum Gasteiger partial charge on any atom is 0.330 e. The second kappa shape index (κ2) is 10.2. The summed E-state index contributed by atoms with van der Waals surface area (Å²) in [6.07, 6.45) is 0. The summed E-state index contributed by atoms with van der Waals surface area (Å²) in [7, 11) is 1.74. The van der Waals surface area contributed by atoms with Gasteiger partial charge in [-0.3, -0.25) is 0 Å². The summed E-state index contributed by atoms with van der Waals surface area (Å²) in [6, 6.07) is 39.3. The summed E-state index contributed by atoms with van der Waals surface area (Å²) in [6.45, 7) is 7.33. The van der Waals surface area contributed by atoms with Gasteiger partial charge in [0.05, 0.1) is 11.2 Å². The molecule has 7 aromatic rings. The lowest BCUT2D eigenvalue weighted by Crippen LogP contribution is -2.49. The zero-order valence-electron chi connectivity index (χ0n) is 24.1. The minimum atomic E-state index is -0.977. The van der Waals surface area contributed by atoms with Crippen molar-refractivity contribution in [3.05, 3.63) is 109 Å². The Morgan fingerprint density at radius 2 is 1.02 bits per heavy atom. The molecule has 7 rings (SSSR count). The summed E-state index contributed by atoms with van der Waals surface area (Å²) in [5.41, 5.74) is 2.52. The Hall–Kier alpha value is -3.68. The predicted octanol–water partition coefficient (Wildman–Crippen LogP) is 9.70. The fourth-order valence-electron chi connectivity index (χ4n) is 5.22. The Kier molecular flexibility index (Phi) is 6.63. The number of anilines is 3. The van der Waals surface area contributed by atoms with Crippen LogP contribution in [0.4, 0.5) is 17.1 Å². The van der Waals surface area contributed by atoms with E-state index < -0.39 is 11.2 Å². The van der Waals surface area contributed by atoms with E-state index in [0.29, 0.717) is 0 Å². The summed E-state index contributed by atoms with van der Waals surface area (Å²) in [5.74, 6) is 0. The predicted molar refractivity (Wildman–Crippen MR) is 184 cm³/mol. The molecule has 1 radical (unpaired) electrons. The van der Waals surface area contributed by atoms with E-state index in [9.17, 15) is 5.11 Å². The van der Waals surface area contributed by atoms with Crippen LogP contribution in [-0.2, 0) is 4.65 Å². The van der Waals surface area contributed by atoms with Gasteiger partial charge in [-0.2, -0.15) is 0 Å². The molecule has 207 valence electrons. The molecule has 0 aliphatic rings. The first kappa shape index (κ1) is 27.2. The Morgan fingerprint density at radius 1 is 0.571 bits per heavy atom. The highest BCUT2D eigenvalue weighted by molar-refractivity contribution is 7.26. The minimum absolute atomic E-state index is 0.727. The number of benzene rings is 5. The van der Waals surface area contributed by atoms with Crippen molar-refractivity contribution in [2.24, 2.45) is 0 Å². The number of nitrogens with zero attached hydrogens (tertiary/aromatic N) is 1. The molecular weight excluding hydrogens is 553 g/mol. The number of rotatable bonds is 7. The molecule has 5 aromatic carbocycles. The first-order valence-corrected chi connectivity index (χ1v) is 15.8. The van der Waals surface area contributed by atoms with E-state index in [0.717, 1.165) is 22.5 Å². The summed E-state index contributed by atoms with van der Waals surface area (Å²) in [4.78, 5) is 2.34. The van der Waals surface area contributed by atoms with Gasteiger partial charge in [-0.15, -0.1) is 22.7 Å². The number of fused-ring (bicyclic) bond motifs is 6. The molecule has 0 saturated heterocycles. The molecule has 0 bridgehead atoms. The largest absolute Gasteiger partial charge is 0.427 e. The van der Waals surface area contributed by atoms with E-state index in [1.165, 1.54) is 40.3 Å². The molecule has 0 amide bonds. The van der Waals surface area contributed by atoms with Crippen molar-refractivity contribution in [1.29, 1.82) is 0 Å². The zero-order chi connectivity index (χ0) is 29.1. The second-order valence-corrected chi connectivity index (χ2v) is 14.0. The van der Waals surface area contributed by atoms with Gasteiger partial charge in [-0.25, -0.2) is 0 Å². The maximum atomic E-state index is 10.5. The van der Waals surface area contributed by atoms with Gasteiger partial charge in [0, 0.05) is 57.4 Å². The van der Waals surface area contributed by atoms with Crippen molar-refractivity contribution in [3.63, 3.8) is 0 Å². The lowest BCUT2D eigenvalue weighted by molar-refractivity contribution is -0.0893. The molecule has 1 N–H and O–H groups in total. The van der Waals surface area contributed by atoms with Crippen molar-refractivity contribution < 1.29 is 9.76 Å². The van der Waals surface area contributed by atoms with Crippen molar-refractivity contribution >= 4 is 93.0 Å². The van der Waals surface area contributed by atoms with Crippen molar-refractivity contribution in [2.45, 2.75) is 38.9 Å². The van der Waals surface area contributed by atoms with Crippen LogP contribution in [0.2, 0.25) is 0 Å². The smallest absolute Gasteiger partial charge is 0.330 e. The molecule has 0 spiro atoms. The number of hydrogen-bond donors (Lipinski definition) is 1. The quantitative estimate of drug-likeness (QED) is 0.189. The van der Waals surface area contributed by atoms with Crippen LogP contribution in [0.3, 0.4) is 0 Å². The van der Waals surface area contributed by atoms with Crippen LogP contribution in [0.5, 0.6) is 0 Å². The van der Waals surface area contributed by atoms with Gasteiger partial charge in [0.15, 0.2) is 0 Å². The Balaban J connectivity index is 1.33. The summed E-state index contributed by atoms with van der Waals surface area (Å²) >= 11 is 3.67. The Morgan fingerprint density at radius 3 is 1.52 bits per heavy atom. The van der Waals surface area contributed by atoms with Crippen LogP contribution in [0.1, 0.15) is 27.7 Å². The lowest BCUT2D eigenvalue weighted by Gasteiger charge is -2.37. The average molecular weight is 585 g/mol. The normalized spacial score (nSPS) is 12.5. The van der Waals surface area contributed by atoms with Crippen molar-refractivity contribution in [2.75, 3.05) is 4.90 Å². The molecule has 0 saturated carbocycles. The number of thiophene rings is 2. The highest BCUT2D eigenvalue weighted by atomic mass is 32.1. The van der Waals surface area contributed by atoms with E-state index in [4.69, 9.17) is 4.65 Å². The molecule has 0 unspecified atom stereocenters. The minimum Gasteiger partial charge on any atom is -0.427 e. The topological polar surface area (TPSA) is 32.7 Å². The van der Waals surface area contributed by atoms with Gasteiger partial charge in [-0.1, -0.05) is 54.0 Å². The monoisotopic (exact) mass is 584 g/mol. The molecule has 3 nitrogen and oxygen atoms in total. The molecule has 6 heteroatoms. The van der Waals surface area contributed by atoms with Gasteiger partial charge in [0.25, 0.3) is 0 Å². The molecule has 2 aromatic heterocycles. The summed E-state index contributed by atoms with van der Waals surface area (Å²) in [5, 5.41) is 15.6. The number of aliphatic hydroxyl groups is 1.